The van der Waals surface area contributed by atoms with Crippen LogP contribution in [0.15, 0.2) is 264 Å². The van der Waals surface area contributed by atoms with Crippen molar-refractivity contribution in [3.05, 3.63) is 275 Å². The molecular weight excluding hydrogens is 829 g/mol. The van der Waals surface area contributed by atoms with Gasteiger partial charge in [-0.2, -0.15) is 0 Å². The van der Waals surface area contributed by atoms with Crippen molar-refractivity contribution >= 4 is 66.4 Å². The molecule has 0 fully saturated rings. The highest BCUT2D eigenvalue weighted by Gasteiger charge is 2.25. The molecule has 12 aromatic rings. The molecule has 320 valence electrons. The van der Waals surface area contributed by atoms with E-state index in [1.165, 1.54) is 0 Å². The number of nitrogens with zero attached hydrogens (tertiary/aromatic N) is 2. The Bertz CT molecular complexity index is 3500. The largest absolute Gasteiger partial charge is 0.311 e. The van der Waals surface area contributed by atoms with Crippen LogP contribution in [0.1, 0.15) is 0 Å². The van der Waals surface area contributed by atoms with Gasteiger partial charge in [0.15, 0.2) is 10.9 Å². The molecule has 0 amide bonds. The molecule has 4 nitrogen and oxygen atoms in total. The summed E-state index contributed by atoms with van der Waals surface area (Å²) in [5.74, 6) is 0. The van der Waals surface area contributed by atoms with Gasteiger partial charge in [-0.3, -0.25) is 9.59 Å². The molecule has 0 aliphatic heterocycles. The van der Waals surface area contributed by atoms with Crippen molar-refractivity contribution in [1.29, 1.82) is 0 Å². The summed E-state index contributed by atoms with van der Waals surface area (Å²) in [5.41, 5.74) is 12.9. The average molecular weight is 871 g/mol. The zero-order valence-corrected chi connectivity index (χ0v) is 37.0. The van der Waals surface area contributed by atoms with Gasteiger partial charge >= 0.3 is 0 Å². The van der Waals surface area contributed by atoms with E-state index in [9.17, 15) is 9.59 Å². The lowest BCUT2D eigenvalue weighted by Crippen LogP contribution is -2.09. The number of benzene rings is 10. The second-order valence-corrected chi connectivity index (χ2v) is 17.1. The lowest BCUT2D eigenvalue weighted by Gasteiger charge is -2.25. The highest BCUT2D eigenvalue weighted by Crippen LogP contribution is 2.45. The van der Waals surface area contributed by atoms with E-state index in [1.807, 2.05) is 97.1 Å². The lowest BCUT2D eigenvalue weighted by atomic mass is 9.94. The Morgan fingerprint density at radius 3 is 0.750 bits per heavy atom. The average Bonchev–Trinajstić information content (AvgIpc) is 3.85. The van der Waals surface area contributed by atoms with Gasteiger partial charge in [0.25, 0.3) is 0 Å². The number of para-hydroxylation sites is 4. The van der Waals surface area contributed by atoms with Gasteiger partial charge in [-0.15, -0.1) is 0 Å². The van der Waals surface area contributed by atoms with Crippen molar-refractivity contribution in [2.75, 3.05) is 9.80 Å². The molecule has 0 spiro atoms. The summed E-state index contributed by atoms with van der Waals surface area (Å²) in [5, 5.41) is 4.81. The van der Waals surface area contributed by atoms with E-state index < -0.39 is 0 Å². The van der Waals surface area contributed by atoms with Crippen LogP contribution in [0.3, 0.4) is 0 Å². The summed E-state index contributed by atoms with van der Waals surface area (Å²) in [6, 6.07) is 86.8. The molecule has 0 aliphatic carbocycles. The SMILES string of the molecule is O=c1c(-c2ccccc2)c(-c2ccc(N(c3ccccc3)c3ccccc3)cc2)c2cc3cc4c(-c5ccc(N(c6ccccc6)c6ccccc6)cc5)c(-c5ccccc5)c(=O)c4cc3cc12. The highest BCUT2D eigenvalue weighted by atomic mass is 16.1. The topological polar surface area (TPSA) is 40.6 Å². The lowest BCUT2D eigenvalue weighted by molar-refractivity contribution is 1.28. The van der Waals surface area contributed by atoms with Crippen LogP contribution in [-0.4, -0.2) is 0 Å². The minimum absolute atomic E-state index is 0.0295. The normalized spacial score (nSPS) is 11.4. The predicted octanol–water partition coefficient (Wildman–Crippen LogP) is 16.3. The summed E-state index contributed by atoms with van der Waals surface area (Å²) in [6.45, 7) is 0. The summed E-state index contributed by atoms with van der Waals surface area (Å²) in [7, 11) is 0. The highest BCUT2D eigenvalue weighted by molar-refractivity contribution is 6.17. The Kier molecular flexibility index (Phi) is 10.1. The van der Waals surface area contributed by atoms with Gasteiger partial charge in [0, 0.05) is 67.2 Å². The third-order valence-corrected chi connectivity index (χ3v) is 13.1. The number of fused-ring (bicyclic) bond motifs is 3. The number of hydrogen-bond acceptors (Lipinski definition) is 4. The minimum atomic E-state index is -0.0295. The van der Waals surface area contributed by atoms with E-state index in [4.69, 9.17) is 0 Å². The van der Waals surface area contributed by atoms with Gasteiger partial charge in [-0.25, -0.2) is 0 Å². The van der Waals surface area contributed by atoms with Crippen LogP contribution in [-0.2, 0) is 0 Å². The maximum absolute atomic E-state index is 14.9. The molecule has 0 radical (unpaired) electrons. The first-order valence-electron chi connectivity index (χ1n) is 22.9. The molecule has 0 bridgehead atoms. The molecule has 0 N–H and O–H groups in total. The van der Waals surface area contributed by atoms with Crippen LogP contribution >= 0.6 is 0 Å². The third-order valence-electron chi connectivity index (χ3n) is 13.1. The standard InChI is InChI=1S/C64H42N2O2/c67-63-57-41-48-42-58-56(60(62(64(58)68)44-21-9-2-10-22-44)46-33-37-54(38-34-46)66(51-27-15-5-16-28-51)52-29-17-6-18-30-52)40-47(48)39-55(57)59(61(63)43-19-7-1-8-20-43)45-31-35-53(36-32-45)65(49-23-11-3-12-24-49)50-25-13-4-14-26-50/h1-42H. The maximum Gasteiger partial charge on any atom is 0.194 e. The van der Waals surface area contributed by atoms with Crippen molar-refractivity contribution in [3.63, 3.8) is 0 Å². The molecule has 68 heavy (non-hydrogen) atoms. The van der Waals surface area contributed by atoms with Gasteiger partial charge in [-0.1, -0.05) is 158 Å². The van der Waals surface area contributed by atoms with Gasteiger partial charge < -0.3 is 9.80 Å². The fraction of sp³-hybridized carbons (Fsp3) is 0. The van der Waals surface area contributed by atoms with Crippen LogP contribution in [0.5, 0.6) is 0 Å². The Morgan fingerprint density at radius 2 is 0.456 bits per heavy atom. The molecule has 12 rings (SSSR count). The van der Waals surface area contributed by atoms with Crippen LogP contribution in [0.4, 0.5) is 34.1 Å². The second kappa shape index (κ2) is 17.0. The van der Waals surface area contributed by atoms with E-state index in [0.29, 0.717) is 21.9 Å². The molecule has 0 heterocycles. The van der Waals surface area contributed by atoms with E-state index >= 15 is 0 Å². The van der Waals surface area contributed by atoms with E-state index in [0.717, 1.165) is 89.0 Å². The van der Waals surface area contributed by atoms with Crippen LogP contribution < -0.4 is 20.7 Å². The van der Waals surface area contributed by atoms with Gasteiger partial charge in [0.1, 0.15) is 0 Å². The Hall–Kier alpha value is -9.12. The zero-order valence-electron chi connectivity index (χ0n) is 37.0. The summed E-state index contributed by atoms with van der Waals surface area (Å²) in [6.07, 6.45) is 0. The van der Waals surface area contributed by atoms with Crippen LogP contribution in [0, 0.1) is 0 Å². The summed E-state index contributed by atoms with van der Waals surface area (Å²) in [4.78, 5) is 34.2. The molecule has 0 atom stereocenters. The Labute approximate surface area is 394 Å². The molecule has 0 aromatic heterocycles. The second-order valence-electron chi connectivity index (χ2n) is 17.1. The molecule has 4 heteroatoms. The molecule has 0 unspecified atom stereocenters. The van der Waals surface area contributed by atoms with E-state index in [1.54, 1.807) is 0 Å². The first-order valence-corrected chi connectivity index (χ1v) is 22.9. The molecular formula is C64H42N2O2. The quantitative estimate of drug-likeness (QED) is 0.137. The van der Waals surface area contributed by atoms with E-state index in [2.05, 4.69) is 168 Å². The third kappa shape index (κ3) is 7.04. The van der Waals surface area contributed by atoms with Crippen molar-refractivity contribution < 1.29 is 0 Å². The monoisotopic (exact) mass is 870 g/mol. The predicted molar refractivity (Wildman–Crippen MR) is 285 cm³/mol. The molecule has 12 aromatic carbocycles. The smallest absolute Gasteiger partial charge is 0.194 e. The van der Waals surface area contributed by atoms with Gasteiger partial charge in [-0.05, 0) is 141 Å². The molecule has 0 saturated carbocycles. The van der Waals surface area contributed by atoms with Crippen molar-refractivity contribution in [2.24, 2.45) is 0 Å². The molecule has 0 aliphatic rings. The summed E-state index contributed by atoms with van der Waals surface area (Å²) >= 11 is 0. The fourth-order valence-electron chi connectivity index (χ4n) is 10.0. The zero-order chi connectivity index (χ0) is 45.6. The number of rotatable bonds is 10. The van der Waals surface area contributed by atoms with Crippen molar-refractivity contribution in [1.82, 2.24) is 0 Å². The first-order chi connectivity index (χ1) is 33.6. The first kappa shape index (κ1) is 40.4. The minimum Gasteiger partial charge on any atom is -0.311 e. The Balaban J connectivity index is 1.04. The van der Waals surface area contributed by atoms with Gasteiger partial charge in [0.05, 0.1) is 0 Å². The van der Waals surface area contributed by atoms with E-state index in [-0.39, 0.29) is 10.9 Å². The van der Waals surface area contributed by atoms with Crippen molar-refractivity contribution in [2.45, 2.75) is 0 Å². The summed E-state index contributed by atoms with van der Waals surface area (Å²) < 4.78 is 0. The number of hydrogen-bond donors (Lipinski definition) is 0. The number of anilines is 6. The maximum atomic E-state index is 14.9. The fourth-order valence-corrected chi connectivity index (χ4v) is 10.0. The molecule has 0 saturated heterocycles. The Morgan fingerprint density at radius 1 is 0.221 bits per heavy atom. The van der Waals surface area contributed by atoms with Crippen LogP contribution in [0.25, 0.3) is 76.8 Å². The van der Waals surface area contributed by atoms with Crippen LogP contribution in [0.2, 0.25) is 0 Å². The van der Waals surface area contributed by atoms with Crippen molar-refractivity contribution in [3.8, 4) is 44.5 Å². The van der Waals surface area contributed by atoms with Gasteiger partial charge in [0.2, 0.25) is 0 Å².